The Balaban J connectivity index is 2.21. The molecule has 1 aromatic carbocycles. The van der Waals surface area contributed by atoms with Crippen molar-refractivity contribution < 1.29 is 9.53 Å². The predicted octanol–water partition coefficient (Wildman–Crippen LogP) is 1.61. The zero-order chi connectivity index (χ0) is 13.2. The number of nitrogens with one attached hydrogen (secondary N) is 1. The SMILES string of the molecule is CCc1cccc(C)c1NC(=O)C1(N)CCOC1. The molecule has 0 spiro atoms. The lowest BCUT2D eigenvalue weighted by Crippen LogP contribution is -2.51. The van der Waals surface area contributed by atoms with Crippen molar-refractivity contribution in [2.75, 3.05) is 18.5 Å². The van der Waals surface area contributed by atoms with Gasteiger partial charge in [0.1, 0.15) is 5.54 Å². The van der Waals surface area contributed by atoms with Crippen LogP contribution in [-0.4, -0.2) is 24.7 Å². The number of benzene rings is 1. The number of hydrogen-bond acceptors (Lipinski definition) is 3. The van der Waals surface area contributed by atoms with Crippen LogP contribution in [0.3, 0.4) is 0 Å². The highest BCUT2D eigenvalue weighted by Crippen LogP contribution is 2.24. The van der Waals surface area contributed by atoms with E-state index in [1.807, 2.05) is 25.1 Å². The number of ether oxygens (including phenoxy) is 1. The lowest BCUT2D eigenvalue weighted by molar-refractivity contribution is -0.121. The lowest BCUT2D eigenvalue weighted by atomic mass is 9.98. The molecule has 1 amide bonds. The Morgan fingerprint density at radius 2 is 2.33 bits per heavy atom. The van der Waals surface area contributed by atoms with Gasteiger partial charge >= 0.3 is 0 Å². The highest BCUT2D eigenvalue weighted by Gasteiger charge is 2.38. The number of carbonyl (C=O) groups excluding carboxylic acids is 1. The quantitative estimate of drug-likeness (QED) is 0.854. The van der Waals surface area contributed by atoms with E-state index in [9.17, 15) is 4.79 Å². The molecule has 1 saturated heterocycles. The highest BCUT2D eigenvalue weighted by molar-refractivity contribution is 5.99. The minimum Gasteiger partial charge on any atom is -0.379 e. The van der Waals surface area contributed by atoms with Crippen LogP contribution in [0.1, 0.15) is 24.5 Å². The van der Waals surface area contributed by atoms with Gasteiger partial charge in [0, 0.05) is 12.3 Å². The van der Waals surface area contributed by atoms with Crippen molar-refractivity contribution in [3.8, 4) is 0 Å². The zero-order valence-corrected chi connectivity index (χ0v) is 11.0. The molecule has 2 rings (SSSR count). The maximum Gasteiger partial charge on any atom is 0.246 e. The third kappa shape index (κ3) is 2.40. The van der Waals surface area contributed by atoms with Crippen LogP contribution in [0.5, 0.6) is 0 Å². The Labute approximate surface area is 108 Å². The van der Waals surface area contributed by atoms with Crippen LogP contribution in [0.25, 0.3) is 0 Å². The number of anilines is 1. The number of carbonyl (C=O) groups is 1. The molecule has 0 aliphatic carbocycles. The summed E-state index contributed by atoms with van der Waals surface area (Å²) in [6.45, 7) is 4.91. The Hall–Kier alpha value is -1.39. The van der Waals surface area contributed by atoms with Gasteiger partial charge in [-0.2, -0.15) is 0 Å². The molecule has 1 aliphatic rings. The van der Waals surface area contributed by atoms with Gasteiger partial charge in [-0.15, -0.1) is 0 Å². The average Bonchev–Trinajstić information content (AvgIpc) is 2.80. The van der Waals surface area contributed by atoms with Gasteiger partial charge in [0.05, 0.1) is 6.61 Å². The molecule has 1 unspecified atom stereocenters. The topological polar surface area (TPSA) is 64.4 Å². The summed E-state index contributed by atoms with van der Waals surface area (Å²) >= 11 is 0. The number of rotatable bonds is 3. The third-order valence-electron chi connectivity index (χ3n) is 3.48. The van der Waals surface area contributed by atoms with Crippen molar-refractivity contribution in [2.24, 2.45) is 5.73 Å². The standard InChI is InChI=1S/C14H20N2O2/c1-3-11-6-4-5-10(2)12(11)16-13(17)14(15)7-8-18-9-14/h4-6H,3,7-9,15H2,1-2H3,(H,16,17). The van der Waals surface area contributed by atoms with Gasteiger partial charge in [-0.1, -0.05) is 25.1 Å². The van der Waals surface area contributed by atoms with Crippen molar-refractivity contribution >= 4 is 11.6 Å². The van der Waals surface area contributed by atoms with Crippen LogP contribution in [0.4, 0.5) is 5.69 Å². The smallest absolute Gasteiger partial charge is 0.246 e. The molecule has 3 N–H and O–H groups in total. The summed E-state index contributed by atoms with van der Waals surface area (Å²) < 4.78 is 5.22. The summed E-state index contributed by atoms with van der Waals surface area (Å²) in [6, 6.07) is 6.01. The van der Waals surface area contributed by atoms with E-state index >= 15 is 0 Å². The highest BCUT2D eigenvalue weighted by atomic mass is 16.5. The fourth-order valence-corrected chi connectivity index (χ4v) is 2.20. The Morgan fingerprint density at radius 1 is 1.56 bits per heavy atom. The molecule has 4 heteroatoms. The van der Waals surface area contributed by atoms with E-state index in [0.29, 0.717) is 19.6 Å². The van der Waals surface area contributed by atoms with Crippen molar-refractivity contribution in [3.63, 3.8) is 0 Å². The first-order valence-corrected chi connectivity index (χ1v) is 6.33. The van der Waals surface area contributed by atoms with Gasteiger partial charge in [0.2, 0.25) is 5.91 Å². The Bertz CT molecular complexity index is 451. The molecule has 1 aliphatic heterocycles. The number of amides is 1. The number of aryl methyl sites for hydroxylation is 2. The molecule has 1 fully saturated rings. The largest absolute Gasteiger partial charge is 0.379 e. The van der Waals surface area contributed by atoms with Crippen LogP contribution in [-0.2, 0) is 16.0 Å². The summed E-state index contributed by atoms with van der Waals surface area (Å²) in [6.07, 6.45) is 1.46. The number of hydrogen-bond donors (Lipinski definition) is 2. The first kappa shape index (κ1) is 13.1. The zero-order valence-electron chi connectivity index (χ0n) is 11.0. The number of para-hydroxylation sites is 1. The summed E-state index contributed by atoms with van der Waals surface area (Å²) in [5.41, 5.74) is 8.25. The Morgan fingerprint density at radius 3 is 2.94 bits per heavy atom. The van der Waals surface area contributed by atoms with Gasteiger partial charge in [-0.3, -0.25) is 4.79 Å². The van der Waals surface area contributed by atoms with E-state index in [1.165, 1.54) is 0 Å². The summed E-state index contributed by atoms with van der Waals surface area (Å²) in [5, 5.41) is 2.97. The fraction of sp³-hybridized carbons (Fsp3) is 0.500. The fourth-order valence-electron chi connectivity index (χ4n) is 2.20. The normalized spacial score (nSPS) is 23.1. The van der Waals surface area contributed by atoms with E-state index in [0.717, 1.165) is 23.2 Å². The molecule has 1 aromatic rings. The molecular weight excluding hydrogens is 228 g/mol. The van der Waals surface area contributed by atoms with E-state index in [-0.39, 0.29) is 5.91 Å². The van der Waals surface area contributed by atoms with Crippen LogP contribution in [0.15, 0.2) is 18.2 Å². The van der Waals surface area contributed by atoms with E-state index in [2.05, 4.69) is 12.2 Å². The van der Waals surface area contributed by atoms with E-state index in [4.69, 9.17) is 10.5 Å². The predicted molar refractivity (Wildman–Crippen MR) is 71.5 cm³/mol. The van der Waals surface area contributed by atoms with Crippen molar-refractivity contribution in [3.05, 3.63) is 29.3 Å². The second-order valence-corrected chi connectivity index (χ2v) is 4.88. The van der Waals surface area contributed by atoms with Crippen LogP contribution < -0.4 is 11.1 Å². The van der Waals surface area contributed by atoms with Crippen LogP contribution in [0, 0.1) is 6.92 Å². The first-order chi connectivity index (χ1) is 8.57. The summed E-state index contributed by atoms with van der Waals surface area (Å²) in [5.74, 6) is -0.149. The molecule has 0 saturated carbocycles. The van der Waals surface area contributed by atoms with Gasteiger partial charge in [0.25, 0.3) is 0 Å². The molecule has 1 atom stereocenters. The molecule has 0 radical (unpaired) electrons. The Kier molecular flexibility index (Phi) is 3.68. The minimum absolute atomic E-state index is 0.149. The summed E-state index contributed by atoms with van der Waals surface area (Å²) in [7, 11) is 0. The third-order valence-corrected chi connectivity index (χ3v) is 3.48. The van der Waals surface area contributed by atoms with E-state index < -0.39 is 5.54 Å². The molecule has 0 bridgehead atoms. The number of nitrogens with two attached hydrogens (primary N) is 1. The van der Waals surface area contributed by atoms with Gasteiger partial charge in [-0.25, -0.2) is 0 Å². The second-order valence-electron chi connectivity index (χ2n) is 4.88. The molecule has 1 heterocycles. The molecular formula is C14H20N2O2. The van der Waals surface area contributed by atoms with Crippen LogP contribution >= 0.6 is 0 Å². The van der Waals surface area contributed by atoms with Crippen LogP contribution in [0.2, 0.25) is 0 Å². The van der Waals surface area contributed by atoms with Gasteiger partial charge in [0.15, 0.2) is 0 Å². The lowest BCUT2D eigenvalue weighted by Gasteiger charge is -2.22. The second kappa shape index (κ2) is 5.08. The van der Waals surface area contributed by atoms with Crippen molar-refractivity contribution in [1.29, 1.82) is 0 Å². The molecule has 98 valence electrons. The molecule has 18 heavy (non-hydrogen) atoms. The summed E-state index contributed by atoms with van der Waals surface area (Å²) in [4.78, 5) is 12.2. The van der Waals surface area contributed by atoms with Crippen molar-refractivity contribution in [1.82, 2.24) is 0 Å². The maximum atomic E-state index is 12.2. The molecule has 4 nitrogen and oxygen atoms in total. The van der Waals surface area contributed by atoms with Crippen molar-refractivity contribution in [2.45, 2.75) is 32.2 Å². The average molecular weight is 248 g/mol. The van der Waals surface area contributed by atoms with Gasteiger partial charge < -0.3 is 15.8 Å². The monoisotopic (exact) mass is 248 g/mol. The van der Waals surface area contributed by atoms with E-state index in [1.54, 1.807) is 0 Å². The molecule has 0 aromatic heterocycles. The first-order valence-electron chi connectivity index (χ1n) is 6.33. The van der Waals surface area contributed by atoms with Gasteiger partial charge in [-0.05, 0) is 30.9 Å². The maximum absolute atomic E-state index is 12.2. The minimum atomic E-state index is -0.882.